The fourth-order valence-electron chi connectivity index (χ4n) is 4.61. The van der Waals surface area contributed by atoms with Crippen LogP contribution in [0, 0.1) is 0 Å². The number of ether oxygens (including phenoxy) is 2. The number of hydrogen-bond acceptors (Lipinski definition) is 6. The van der Waals surface area contributed by atoms with E-state index in [9.17, 15) is 9.59 Å². The SMILES string of the molecule is CC(C)(C)OC(=O)NCc1ccc(-c2nc(-c3cccc(-c4c[nH]c(-c5ccc(CNC(=O)OC(C)(C)C)cc5)n4)c3)c[nH]2)cc1. The van der Waals surface area contributed by atoms with Gasteiger partial charge in [0.25, 0.3) is 0 Å². The van der Waals surface area contributed by atoms with Gasteiger partial charge in [0.05, 0.1) is 11.4 Å². The molecule has 10 nitrogen and oxygen atoms in total. The Labute approximate surface area is 269 Å². The number of nitrogens with zero attached hydrogens (tertiary/aromatic N) is 2. The third-order valence-electron chi connectivity index (χ3n) is 6.74. The second kappa shape index (κ2) is 13.3. The molecule has 0 aliphatic rings. The number of nitrogens with one attached hydrogen (secondary N) is 4. The Kier molecular flexibility index (Phi) is 9.27. The van der Waals surface area contributed by atoms with Crippen molar-refractivity contribution in [1.82, 2.24) is 30.6 Å². The zero-order valence-electron chi connectivity index (χ0n) is 27.0. The van der Waals surface area contributed by atoms with E-state index in [1.54, 1.807) is 0 Å². The van der Waals surface area contributed by atoms with Crippen LogP contribution in [0.1, 0.15) is 52.7 Å². The van der Waals surface area contributed by atoms with Crippen LogP contribution in [0.25, 0.3) is 45.3 Å². The van der Waals surface area contributed by atoms with Gasteiger partial charge in [-0.05, 0) is 58.7 Å². The number of amides is 2. The van der Waals surface area contributed by atoms with Crippen LogP contribution in [-0.2, 0) is 22.6 Å². The van der Waals surface area contributed by atoms with Crippen LogP contribution in [0.15, 0.2) is 85.2 Å². The first kappa shape index (κ1) is 32.0. The molecule has 2 aromatic heterocycles. The Balaban J connectivity index is 1.21. The lowest BCUT2D eigenvalue weighted by Crippen LogP contribution is -2.32. The minimum absolute atomic E-state index is 0.374. The zero-order chi connectivity index (χ0) is 32.9. The number of rotatable bonds is 8. The van der Waals surface area contributed by atoms with Crippen molar-refractivity contribution in [3.8, 4) is 45.3 Å². The van der Waals surface area contributed by atoms with Crippen molar-refractivity contribution in [1.29, 1.82) is 0 Å². The van der Waals surface area contributed by atoms with Crippen molar-refractivity contribution in [2.45, 2.75) is 65.8 Å². The number of carbonyl (C=O) groups is 2. The zero-order valence-corrected chi connectivity index (χ0v) is 27.0. The van der Waals surface area contributed by atoms with Crippen LogP contribution in [0.4, 0.5) is 9.59 Å². The summed E-state index contributed by atoms with van der Waals surface area (Å²) >= 11 is 0. The Morgan fingerprint density at radius 2 is 1.00 bits per heavy atom. The molecular weight excluding hydrogens is 580 g/mol. The van der Waals surface area contributed by atoms with Crippen molar-refractivity contribution in [3.63, 3.8) is 0 Å². The van der Waals surface area contributed by atoms with Crippen LogP contribution in [0.3, 0.4) is 0 Å². The first-order valence-electron chi connectivity index (χ1n) is 15.2. The van der Waals surface area contributed by atoms with Gasteiger partial charge in [-0.2, -0.15) is 0 Å². The summed E-state index contributed by atoms with van der Waals surface area (Å²) in [5.74, 6) is 1.50. The highest BCUT2D eigenvalue weighted by molar-refractivity contribution is 5.72. The molecule has 46 heavy (non-hydrogen) atoms. The summed E-state index contributed by atoms with van der Waals surface area (Å²) in [6.45, 7) is 11.8. The van der Waals surface area contributed by atoms with Crippen molar-refractivity contribution in [2.24, 2.45) is 0 Å². The van der Waals surface area contributed by atoms with Gasteiger partial charge in [-0.1, -0.05) is 66.7 Å². The molecule has 2 amide bonds. The quantitative estimate of drug-likeness (QED) is 0.140. The number of carbonyl (C=O) groups excluding carboxylic acids is 2. The lowest BCUT2D eigenvalue weighted by atomic mass is 10.1. The summed E-state index contributed by atoms with van der Waals surface area (Å²) in [6.07, 6.45) is 2.89. The molecule has 0 radical (unpaired) electrons. The molecule has 2 heterocycles. The second-order valence-electron chi connectivity index (χ2n) is 13.0. The highest BCUT2D eigenvalue weighted by Crippen LogP contribution is 2.28. The van der Waals surface area contributed by atoms with E-state index in [0.717, 1.165) is 56.4 Å². The highest BCUT2D eigenvalue weighted by Gasteiger charge is 2.17. The standard InChI is InChI=1S/C36H40N6O4/c1-35(2,3)45-33(43)39-19-23-10-14-25(15-11-23)31-37-21-29(41-31)27-8-7-9-28(18-27)30-22-38-32(42-30)26-16-12-24(13-17-26)20-40-34(44)46-36(4,5)6/h7-18,21-22H,19-20H2,1-6H3,(H,37,41)(H,38,42)(H,39,43)(H,40,44). The van der Waals surface area contributed by atoms with E-state index in [2.05, 4.69) is 26.7 Å². The number of aromatic amines is 2. The summed E-state index contributed by atoms with van der Waals surface area (Å²) in [7, 11) is 0. The third-order valence-corrected chi connectivity index (χ3v) is 6.74. The molecule has 0 fully saturated rings. The average molecular weight is 621 g/mol. The molecule has 4 N–H and O–H groups in total. The maximum atomic E-state index is 11.9. The summed E-state index contributed by atoms with van der Waals surface area (Å²) in [6, 6.07) is 23.8. The summed E-state index contributed by atoms with van der Waals surface area (Å²) in [4.78, 5) is 40.1. The fourth-order valence-corrected chi connectivity index (χ4v) is 4.61. The highest BCUT2D eigenvalue weighted by atomic mass is 16.6. The Hall–Kier alpha value is -5.38. The van der Waals surface area contributed by atoms with E-state index in [1.165, 1.54) is 0 Å². The van der Waals surface area contributed by atoms with E-state index in [-0.39, 0.29) is 0 Å². The topological polar surface area (TPSA) is 134 Å². The summed E-state index contributed by atoms with van der Waals surface area (Å²) in [5.41, 5.74) is 6.28. The molecular formula is C36H40N6O4. The Morgan fingerprint density at radius 3 is 1.37 bits per heavy atom. The number of benzene rings is 3. The summed E-state index contributed by atoms with van der Waals surface area (Å²) < 4.78 is 10.6. The summed E-state index contributed by atoms with van der Waals surface area (Å²) in [5, 5.41) is 5.55. The average Bonchev–Trinajstić information content (AvgIpc) is 3.69. The first-order valence-corrected chi connectivity index (χ1v) is 15.2. The molecule has 5 rings (SSSR count). The van der Waals surface area contributed by atoms with E-state index in [1.807, 2.05) is 121 Å². The molecule has 0 unspecified atom stereocenters. The van der Waals surface area contributed by atoms with Gasteiger partial charge in [0.15, 0.2) is 0 Å². The fraction of sp³-hybridized carbons (Fsp3) is 0.278. The number of imidazole rings is 2. The van der Waals surface area contributed by atoms with E-state index in [0.29, 0.717) is 13.1 Å². The molecule has 0 saturated carbocycles. The van der Waals surface area contributed by atoms with Crippen LogP contribution in [0.2, 0.25) is 0 Å². The maximum Gasteiger partial charge on any atom is 0.407 e. The van der Waals surface area contributed by atoms with Gasteiger partial charge in [-0.15, -0.1) is 0 Å². The van der Waals surface area contributed by atoms with Crippen LogP contribution in [0.5, 0.6) is 0 Å². The van der Waals surface area contributed by atoms with Crippen molar-refractivity contribution < 1.29 is 19.1 Å². The van der Waals surface area contributed by atoms with Gasteiger partial charge >= 0.3 is 12.2 Å². The molecule has 0 atom stereocenters. The van der Waals surface area contributed by atoms with Crippen LogP contribution >= 0.6 is 0 Å². The number of hydrogen-bond donors (Lipinski definition) is 4. The number of alkyl carbamates (subject to hydrolysis) is 2. The molecule has 0 aliphatic carbocycles. The number of H-pyrrole nitrogens is 2. The molecule has 238 valence electrons. The van der Waals surface area contributed by atoms with Crippen molar-refractivity contribution in [3.05, 3.63) is 96.3 Å². The largest absolute Gasteiger partial charge is 0.444 e. The van der Waals surface area contributed by atoms with E-state index < -0.39 is 23.4 Å². The van der Waals surface area contributed by atoms with Gasteiger partial charge in [0, 0.05) is 47.7 Å². The van der Waals surface area contributed by atoms with Crippen molar-refractivity contribution >= 4 is 12.2 Å². The van der Waals surface area contributed by atoms with Gasteiger partial charge in [-0.25, -0.2) is 19.6 Å². The molecule has 3 aromatic carbocycles. The smallest absolute Gasteiger partial charge is 0.407 e. The second-order valence-corrected chi connectivity index (χ2v) is 13.0. The van der Waals surface area contributed by atoms with E-state index >= 15 is 0 Å². The predicted octanol–water partition coefficient (Wildman–Crippen LogP) is 7.85. The Bertz CT molecular complexity index is 1660. The molecule has 0 bridgehead atoms. The van der Waals surface area contributed by atoms with Crippen molar-refractivity contribution in [2.75, 3.05) is 0 Å². The number of aromatic nitrogens is 4. The van der Waals surface area contributed by atoms with Gasteiger partial charge in [0.1, 0.15) is 22.9 Å². The van der Waals surface area contributed by atoms with E-state index in [4.69, 9.17) is 19.4 Å². The first-order chi connectivity index (χ1) is 21.8. The van der Waals surface area contributed by atoms with Gasteiger partial charge < -0.3 is 30.1 Å². The van der Waals surface area contributed by atoms with Gasteiger partial charge in [-0.3, -0.25) is 0 Å². The molecule has 0 spiro atoms. The van der Waals surface area contributed by atoms with Gasteiger partial charge in [0.2, 0.25) is 0 Å². The molecule has 0 saturated heterocycles. The predicted molar refractivity (Wildman–Crippen MR) is 179 cm³/mol. The normalized spacial score (nSPS) is 11.6. The minimum atomic E-state index is -0.537. The minimum Gasteiger partial charge on any atom is -0.444 e. The van der Waals surface area contributed by atoms with Crippen LogP contribution < -0.4 is 10.6 Å². The monoisotopic (exact) mass is 620 g/mol. The third kappa shape index (κ3) is 8.84. The molecule has 10 heteroatoms. The lowest BCUT2D eigenvalue weighted by molar-refractivity contribution is 0.0512. The Morgan fingerprint density at radius 1 is 0.609 bits per heavy atom. The molecule has 0 aliphatic heterocycles. The lowest BCUT2D eigenvalue weighted by Gasteiger charge is -2.19. The molecule has 5 aromatic rings. The maximum absolute atomic E-state index is 11.9. The van der Waals surface area contributed by atoms with Crippen LogP contribution in [-0.4, -0.2) is 43.3 Å².